The van der Waals surface area contributed by atoms with Crippen LogP contribution in [0.2, 0.25) is 0 Å². The quantitative estimate of drug-likeness (QED) is 0.293. The first kappa shape index (κ1) is 18.7. The zero-order valence-electron chi connectivity index (χ0n) is 15.1. The highest BCUT2D eigenvalue weighted by Crippen LogP contribution is 2.62. The van der Waals surface area contributed by atoms with Crippen molar-refractivity contribution < 1.29 is 4.74 Å². The second-order valence-corrected chi connectivity index (χ2v) is 8.24. The first-order valence-corrected chi connectivity index (χ1v) is 9.92. The predicted octanol–water partition coefficient (Wildman–Crippen LogP) is 3.70. The summed E-state index contributed by atoms with van der Waals surface area (Å²) in [6, 6.07) is 0.588. The number of nitrogens with one attached hydrogen (secondary N) is 2. The maximum Gasteiger partial charge on any atom is 0.191 e. The summed E-state index contributed by atoms with van der Waals surface area (Å²) in [5.41, 5.74) is 0.433. The largest absolute Gasteiger partial charge is 0.377 e. The minimum absolute atomic E-state index is 0. The zero-order chi connectivity index (χ0) is 15.7. The highest BCUT2D eigenvalue weighted by molar-refractivity contribution is 14.0. The van der Waals surface area contributed by atoms with Crippen molar-refractivity contribution in [1.82, 2.24) is 10.6 Å². The Morgan fingerprint density at radius 2 is 1.96 bits per heavy atom. The number of guanidine groups is 1. The summed E-state index contributed by atoms with van der Waals surface area (Å²) < 4.78 is 6.01. The monoisotopic (exact) mass is 447 g/mol. The van der Waals surface area contributed by atoms with Gasteiger partial charge in [0.1, 0.15) is 0 Å². The van der Waals surface area contributed by atoms with Crippen LogP contribution in [0.3, 0.4) is 0 Å². The minimum Gasteiger partial charge on any atom is -0.377 e. The Hall–Kier alpha value is -0.0400. The molecule has 138 valence electrons. The lowest BCUT2D eigenvalue weighted by Gasteiger charge is -2.63. The van der Waals surface area contributed by atoms with Gasteiger partial charge in [0.05, 0.1) is 6.10 Å². The molecule has 2 N–H and O–H groups in total. The predicted molar refractivity (Wildman–Crippen MR) is 109 cm³/mol. The second kappa shape index (κ2) is 8.11. The van der Waals surface area contributed by atoms with Gasteiger partial charge in [0.2, 0.25) is 0 Å². The van der Waals surface area contributed by atoms with Gasteiger partial charge in [-0.15, -0.1) is 24.0 Å². The Morgan fingerprint density at radius 3 is 2.62 bits per heavy atom. The lowest BCUT2D eigenvalue weighted by molar-refractivity contribution is -0.171. The van der Waals surface area contributed by atoms with Crippen LogP contribution in [0.15, 0.2) is 4.99 Å². The van der Waals surface area contributed by atoms with E-state index >= 15 is 0 Å². The van der Waals surface area contributed by atoms with E-state index in [1.54, 1.807) is 0 Å². The van der Waals surface area contributed by atoms with Gasteiger partial charge in [-0.05, 0) is 38.0 Å². The molecule has 1 aliphatic heterocycles. The summed E-state index contributed by atoms with van der Waals surface area (Å²) in [7, 11) is 1.90. The molecule has 3 atom stereocenters. The average molecular weight is 447 g/mol. The number of ether oxygens (including phenoxy) is 1. The van der Waals surface area contributed by atoms with Crippen molar-refractivity contribution in [3.63, 3.8) is 0 Å². The molecule has 24 heavy (non-hydrogen) atoms. The fourth-order valence-corrected chi connectivity index (χ4v) is 5.69. The van der Waals surface area contributed by atoms with Gasteiger partial charge in [-0.25, -0.2) is 0 Å². The number of fused-ring (bicyclic) bond motifs is 2. The molecule has 5 heteroatoms. The normalized spacial score (nSPS) is 34.2. The summed E-state index contributed by atoms with van der Waals surface area (Å²) in [6.45, 7) is 2.02. The summed E-state index contributed by atoms with van der Waals surface area (Å²) in [5, 5.41) is 7.31. The van der Waals surface area contributed by atoms with E-state index in [2.05, 4.69) is 15.6 Å². The summed E-state index contributed by atoms with van der Waals surface area (Å²) in [5.74, 6) is 2.72. The first-order chi connectivity index (χ1) is 11.3. The maximum atomic E-state index is 6.01. The molecule has 0 amide bonds. The fourth-order valence-electron chi connectivity index (χ4n) is 5.69. The molecule has 0 radical (unpaired) electrons. The van der Waals surface area contributed by atoms with E-state index in [1.165, 1.54) is 64.2 Å². The Balaban J connectivity index is 0.00000169. The molecule has 1 spiro atoms. The van der Waals surface area contributed by atoms with Gasteiger partial charge in [-0.2, -0.15) is 0 Å². The molecule has 3 saturated carbocycles. The van der Waals surface area contributed by atoms with Gasteiger partial charge in [-0.3, -0.25) is 4.99 Å². The van der Waals surface area contributed by atoms with E-state index in [0.717, 1.165) is 25.0 Å². The van der Waals surface area contributed by atoms with Crippen LogP contribution in [0.5, 0.6) is 0 Å². The van der Waals surface area contributed by atoms with Crippen molar-refractivity contribution in [2.24, 2.45) is 22.2 Å². The number of hydrogen-bond donors (Lipinski definition) is 2. The molecule has 1 saturated heterocycles. The van der Waals surface area contributed by atoms with Gasteiger partial charge in [0.15, 0.2) is 5.96 Å². The molecule has 3 aliphatic carbocycles. The van der Waals surface area contributed by atoms with E-state index in [0.29, 0.717) is 23.5 Å². The molecule has 4 aliphatic rings. The zero-order valence-corrected chi connectivity index (χ0v) is 17.4. The molecule has 0 bridgehead atoms. The highest BCUT2D eigenvalue weighted by Gasteiger charge is 2.66. The van der Waals surface area contributed by atoms with Gasteiger partial charge >= 0.3 is 0 Å². The average Bonchev–Trinajstić information content (AvgIpc) is 3.15. The molecular weight excluding hydrogens is 413 g/mol. The summed E-state index contributed by atoms with van der Waals surface area (Å²) in [6.07, 6.45) is 14.3. The first-order valence-electron chi connectivity index (χ1n) is 9.92. The van der Waals surface area contributed by atoms with E-state index in [4.69, 9.17) is 4.74 Å². The van der Waals surface area contributed by atoms with Crippen LogP contribution in [-0.2, 0) is 4.74 Å². The molecule has 4 rings (SSSR count). The molecule has 0 aromatic heterocycles. The van der Waals surface area contributed by atoms with Gasteiger partial charge < -0.3 is 15.4 Å². The number of rotatable bonds is 5. The van der Waals surface area contributed by atoms with Crippen molar-refractivity contribution >= 4 is 29.9 Å². The topological polar surface area (TPSA) is 45.7 Å². The Bertz CT molecular complexity index is 446. The number of hydrogen-bond acceptors (Lipinski definition) is 2. The number of aliphatic imine (C=N–C) groups is 1. The SMILES string of the molecule is CN=C(NCCCC1CCCC1)NC1C2CCOC2C12CCC2.I. The molecule has 0 aromatic carbocycles. The Kier molecular flexibility index (Phi) is 6.33. The van der Waals surface area contributed by atoms with E-state index < -0.39 is 0 Å². The second-order valence-electron chi connectivity index (χ2n) is 8.24. The number of halogens is 1. The van der Waals surface area contributed by atoms with Crippen LogP contribution >= 0.6 is 24.0 Å². The van der Waals surface area contributed by atoms with Gasteiger partial charge in [-0.1, -0.05) is 32.1 Å². The fraction of sp³-hybridized carbons (Fsp3) is 0.947. The lowest BCUT2D eigenvalue weighted by Crippen LogP contribution is -2.72. The Morgan fingerprint density at radius 1 is 1.17 bits per heavy atom. The molecule has 4 fully saturated rings. The van der Waals surface area contributed by atoms with E-state index in [-0.39, 0.29) is 24.0 Å². The van der Waals surface area contributed by atoms with Crippen LogP contribution in [0.25, 0.3) is 0 Å². The number of nitrogens with zero attached hydrogens (tertiary/aromatic N) is 1. The highest BCUT2D eigenvalue weighted by atomic mass is 127. The Labute approximate surface area is 164 Å². The third-order valence-electron chi connectivity index (χ3n) is 7.11. The smallest absolute Gasteiger partial charge is 0.191 e. The van der Waals surface area contributed by atoms with Crippen molar-refractivity contribution in [3.8, 4) is 0 Å². The van der Waals surface area contributed by atoms with E-state index in [9.17, 15) is 0 Å². The molecular formula is C19H34IN3O. The van der Waals surface area contributed by atoms with E-state index in [1.807, 2.05) is 7.05 Å². The standard InChI is InChI=1S/C19H33N3O.HI/c1-20-18(21-12-4-8-14-6-2-3-7-14)22-16-15-9-13-23-17(15)19(16)10-5-11-19;/h14-17H,2-13H2,1H3,(H2,20,21,22);1H. The van der Waals surface area contributed by atoms with Crippen molar-refractivity contribution in [3.05, 3.63) is 0 Å². The molecule has 1 heterocycles. The summed E-state index contributed by atoms with van der Waals surface area (Å²) in [4.78, 5) is 4.47. The third kappa shape index (κ3) is 3.31. The van der Waals surface area contributed by atoms with Crippen molar-refractivity contribution in [2.45, 2.75) is 76.4 Å². The van der Waals surface area contributed by atoms with Crippen molar-refractivity contribution in [2.75, 3.05) is 20.2 Å². The van der Waals surface area contributed by atoms with Crippen LogP contribution in [0, 0.1) is 17.3 Å². The molecule has 3 unspecified atom stereocenters. The van der Waals surface area contributed by atoms with Crippen LogP contribution < -0.4 is 10.6 Å². The van der Waals surface area contributed by atoms with Gasteiger partial charge in [0.25, 0.3) is 0 Å². The van der Waals surface area contributed by atoms with Crippen LogP contribution in [0.4, 0.5) is 0 Å². The third-order valence-corrected chi connectivity index (χ3v) is 7.11. The van der Waals surface area contributed by atoms with Crippen LogP contribution in [0.1, 0.15) is 64.2 Å². The van der Waals surface area contributed by atoms with Crippen molar-refractivity contribution in [1.29, 1.82) is 0 Å². The molecule has 4 nitrogen and oxygen atoms in total. The summed E-state index contributed by atoms with van der Waals surface area (Å²) >= 11 is 0. The lowest BCUT2D eigenvalue weighted by atomic mass is 9.46. The van der Waals surface area contributed by atoms with Gasteiger partial charge in [0, 0.05) is 37.6 Å². The maximum absolute atomic E-state index is 6.01. The minimum atomic E-state index is 0. The van der Waals surface area contributed by atoms with Crippen LogP contribution in [-0.4, -0.2) is 38.3 Å². The molecule has 0 aromatic rings.